The van der Waals surface area contributed by atoms with Crippen LogP contribution in [0, 0.1) is 5.82 Å². The molecule has 0 aliphatic carbocycles. The van der Waals surface area contributed by atoms with Gasteiger partial charge in [-0.05, 0) is 35.9 Å². The first-order chi connectivity index (χ1) is 11.1. The lowest BCUT2D eigenvalue weighted by molar-refractivity contribution is -0.116. The molecule has 0 fully saturated rings. The Kier molecular flexibility index (Phi) is 5.74. The van der Waals surface area contributed by atoms with Crippen molar-refractivity contribution in [2.45, 2.75) is 6.54 Å². The predicted octanol–water partition coefficient (Wildman–Crippen LogP) is 3.17. The molecule has 4 nitrogen and oxygen atoms in total. The van der Waals surface area contributed by atoms with E-state index in [2.05, 4.69) is 5.32 Å². The van der Waals surface area contributed by atoms with E-state index in [1.54, 1.807) is 44.6 Å². The number of nitrogens with one attached hydrogen (secondary N) is 1. The van der Waals surface area contributed by atoms with Crippen molar-refractivity contribution in [3.05, 3.63) is 65.5 Å². The molecule has 0 radical (unpaired) electrons. The molecule has 0 saturated carbocycles. The summed E-state index contributed by atoms with van der Waals surface area (Å²) in [6.07, 6.45) is 2.93. The Labute approximate surface area is 134 Å². The molecule has 0 aliphatic rings. The Morgan fingerprint density at radius 1 is 1.17 bits per heavy atom. The number of hydrogen-bond acceptors (Lipinski definition) is 3. The van der Waals surface area contributed by atoms with Gasteiger partial charge < -0.3 is 14.8 Å². The zero-order valence-electron chi connectivity index (χ0n) is 13.0. The van der Waals surface area contributed by atoms with Crippen LogP contribution >= 0.6 is 0 Å². The average Bonchev–Trinajstić information content (AvgIpc) is 2.58. The third kappa shape index (κ3) is 4.85. The maximum atomic E-state index is 13.0. The molecule has 0 heterocycles. The van der Waals surface area contributed by atoms with Crippen molar-refractivity contribution in [2.24, 2.45) is 0 Å². The van der Waals surface area contributed by atoms with Gasteiger partial charge in [-0.1, -0.05) is 12.1 Å². The number of amides is 1. The molecular weight excluding hydrogens is 297 g/mol. The molecule has 0 bridgehead atoms. The highest BCUT2D eigenvalue weighted by Crippen LogP contribution is 2.24. The number of carbonyl (C=O) groups is 1. The second kappa shape index (κ2) is 7.98. The van der Waals surface area contributed by atoms with E-state index in [9.17, 15) is 9.18 Å². The van der Waals surface area contributed by atoms with E-state index in [4.69, 9.17) is 9.47 Å². The van der Waals surface area contributed by atoms with Crippen LogP contribution in [0.5, 0.6) is 11.5 Å². The van der Waals surface area contributed by atoms with Crippen LogP contribution in [0.2, 0.25) is 0 Å². The number of benzene rings is 2. The molecule has 0 saturated heterocycles. The molecule has 1 amide bonds. The summed E-state index contributed by atoms with van der Waals surface area (Å²) >= 11 is 0. The number of halogens is 1. The Bertz CT molecular complexity index is 713. The van der Waals surface area contributed by atoms with E-state index in [0.29, 0.717) is 23.6 Å². The second-order valence-electron chi connectivity index (χ2n) is 4.78. The fourth-order valence-corrected chi connectivity index (χ4v) is 2.02. The predicted molar refractivity (Wildman–Crippen MR) is 86.8 cm³/mol. The Morgan fingerprint density at radius 2 is 2.00 bits per heavy atom. The summed E-state index contributed by atoms with van der Waals surface area (Å²) in [6, 6.07) is 11.4. The van der Waals surface area contributed by atoms with Gasteiger partial charge in [0.15, 0.2) is 0 Å². The van der Waals surface area contributed by atoms with Crippen molar-refractivity contribution >= 4 is 12.0 Å². The van der Waals surface area contributed by atoms with Crippen LogP contribution < -0.4 is 14.8 Å². The first-order valence-corrected chi connectivity index (χ1v) is 7.05. The van der Waals surface area contributed by atoms with Crippen LogP contribution in [-0.4, -0.2) is 20.1 Å². The average molecular weight is 315 g/mol. The first kappa shape index (κ1) is 16.5. The molecule has 120 valence electrons. The maximum Gasteiger partial charge on any atom is 0.244 e. The lowest BCUT2D eigenvalue weighted by Gasteiger charge is -2.10. The number of carbonyl (C=O) groups excluding carboxylic acids is 1. The molecule has 23 heavy (non-hydrogen) atoms. The van der Waals surface area contributed by atoms with Gasteiger partial charge in [-0.25, -0.2) is 4.39 Å². The molecule has 0 aromatic heterocycles. The Hall–Kier alpha value is -2.82. The van der Waals surface area contributed by atoms with Gasteiger partial charge in [0.1, 0.15) is 17.3 Å². The van der Waals surface area contributed by atoms with Gasteiger partial charge in [0, 0.05) is 24.3 Å². The number of hydrogen-bond donors (Lipinski definition) is 1. The van der Waals surface area contributed by atoms with Gasteiger partial charge in [-0.2, -0.15) is 0 Å². The van der Waals surface area contributed by atoms with E-state index in [1.165, 1.54) is 18.2 Å². The third-order valence-electron chi connectivity index (χ3n) is 3.22. The number of rotatable bonds is 6. The highest BCUT2D eigenvalue weighted by molar-refractivity contribution is 5.91. The largest absolute Gasteiger partial charge is 0.497 e. The van der Waals surface area contributed by atoms with Crippen LogP contribution in [-0.2, 0) is 11.3 Å². The highest BCUT2D eigenvalue weighted by atomic mass is 19.1. The van der Waals surface area contributed by atoms with Crippen LogP contribution in [0.25, 0.3) is 6.08 Å². The first-order valence-electron chi connectivity index (χ1n) is 7.05. The quantitative estimate of drug-likeness (QED) is 0.833. The smallest absolute Gasteiger partial charge is 0.244 e. The monoisotopic (exact) mass is 315 g/mol. The molecule has 0 spiro atoms. The lowest BCUT2D eigenvalue weighted by atomic mass is 10.2. The van der Waals surface area contributed by atoms with Gasteiger partial charge in [0.25, 0.3) is 0 Å². The molecule has 0 atom stereocenters. The Morgan fingerprint density at radius 3 is 2.70 bits per heavy atom. The third-order valence-corrected chi connectivity index (χ3v) is 3.22. The summed E-state index contributed by atoms with van der Waals surface area (Å²) in [7, 11) is 3.14. The van der Waals surface area contributed by atoms with Gasteiger partial charge >= 0.3 is 0 Å². The summed E-state index contributed by atoms with van der Waals surface area (Å²) in [5.41, 5.74) is 1.46. The van der Waals surface area contributed by atoms with Crippen LogP contribution in [0.3, 0.4) is 0 Å². The lowest BCUT2D eigenvalue weighted by Crippen LogP contribution is -2.20. The summed E-state index contributed by atoms with van der Waals surface area (Å²) in [5, 5.41) is 2.76. The van der Waals surface area contributed by atoms with E-state index < -0.39 is 0 Å². The van der Waals surface area contributed by atoms with Crippen molar-refractivity contribution in [1.29, 1.82) is 0 Å². The van der Waals surface area contributed by atoms with E-state index >= 15 is 0 Å². The Balaban J connectivity index is 1.96. The van der Waals surface area contributed by atoms with Crippen molar-refractivity contribution in [1.82, 2.24) is 5.32 Å². The van der Waals surface area contributed by atoms with Gasteiger partial charge in [-0.3, -0.25) is 4.79 Å². The summed E-state index contributed by atoms with van der Waals surface area (Å²) in [6.45, 7) is 0.319. The zero-order valence-corrected chi connectivity index (χ0v) is 13.0. The summed E-state index contributed by atoms with van der Waals surface area (Å²) in [5.74, 6) is 0.712. The van der Waals surface area contributed by atoms with E-state index in [1.807, 2.05) is 6.07 Å². The SMILES string of the molecule is COc1ccc(CNC(=O)/C=C/c2cccc(F)c2)c(OC)c1. The standard InChI is InChI=1S/C18H18FNO3/c1-22-16-8-7-14(17(11-16)23-2)12-20-18(21)9-6-13-4-3-5-15(19)10-13/h3-11H,12H2,1-2H3,(H,20,21)/b9-6+. The molecule has 1 N–H and O–H groups in total. The molecule has 0 unspecified atom stereocenters. The van der Waals surface area contributed by atoms with Crippen molar-refractivity contribution in [3.63, 3.8) is 0 Å². The summed E-state index contributed by atoms with van der Waals surface area (Å²) in [4.78, 5) is 11.8. The molecule has 2 aromatic carbocycles. The highest BCUT2D eigenvalue weighted by Gasteiger charge is 2.06. The number of ether oxygens (including phenoxy) is 2. The molecular formula is C18H18FNO3. The second-order valence-corrected chi connectivity index (χ2v) is 4.78. The molecule has 5 heteroatoms. The molecule has 0 aliphatic heterocycles. The van der Waals surface area contributed by atoms with Crippen molar-refractivity contribution < 1.29 is 18.7 Å². The minimum absolute atomic E-state index is 0.271. The van der Waals surface area contributed by atoms with Crippen LogP contribution in [0.4, 0.5) is 4.39 Å². The number of methoxy groups -OCH3 is 2. The summed E-state index contributed by atoms with van der Waals surface area (Å²) < 4.78 is 23.4. The van der Waals surface area contributed by atoms with E-state index in [-0.39, 0.29) is 11.7 Å². The minimum Gasteiger partial charge on any atom is -0.497 e. The normalized spacial score (nSPS) is 10.6. The molecule has 2 rings (SSSR count). The van der Waals surface area contributed by atoms with Gasteiger partial charge in [0.05, 0.1) is 14.2 Å². The van der Waals surface area contributed by atoms with Crippen molar-refractivity contribution in [3.8, 4) is 11.5 Å². The fourth-order valence-electron chi connectivity index (χ4n) is 2.02. The van der Waals surface area contributed by atoms with Gasteiger partial charge in [0.2, 0.25) is 5.91 Å². The maximum absolute atomic E-state index is 13.0. The zero-order chi connectivity index (χ0) is 16.7. The van der Waals surface area contributed by atoms with Crippen molar-refractivity contribution in [2.75, 3.05) is 14.2 Å². The fraction of sp³-hybridized carbons (Fsp3) is 0.167. The molecule has 2 aromatic rings. The van der Waals surface area contributed by atoms with Crippen LogP contribution in [0.1, 0.15) is 11.1 Å². The van der Waals surface area contributed by atoms with Gasteiger partial charge in [-0.15, -0.1) is 0 Å². The van der Waals surface area contributed by atoms with Crippen LogP contribution in [0.15, 0.2) is 48.5 Å². The topological polar surface area (TPSA) is 47.6 Å². The van der Waals surface area contributed by atoms with E-state index in [0.717, 1.165) is 5.56 Å². The minimum atomic E-state index is -0.337.